The molecule has 0 saturated carbocycles. The van der Waals surface area contributed by atoms with Crippen LogP contribution in [-0.2, 0) is 25.0 Å². The summed E-state index contributed by atoms with van der Waals surface area (Å²) in [6, 6.07) is 17.2. The Kier molecular flexibility index (Phi) is 12.6. The maximum atomic E-state index is 9.51. The van der Waals surface area contributed by atoms with Crippen molar-refractivity contribution in [3.63, 3.8) is 0 Å². The molecule has 9 nitrogen and oxygen atoms in total. The predicted molar refractivity (Wildman–Crippen MR) is 181 cm³/mol. The minimum atomic E-state index is -0.142. The lowest BCUT2D eigenvalue weighted by Gasteiger charge is -2.27. The molecule has 0 saturated heterocycles. The fourth-order valence-corrected chi connectivity index (χ4v) is 6.20. The molecule has 240 valence electrons. The molecular weight excluding hydrogens is 566 g/mol. The van der Waals surface area contributed by atoms with E-state index in [9.17, 15) is 5.11 Å². The normalized spacial score (nSPS) is 17.4. The molecule has 0 spiro atoms. The van der Waals surface area contributed by atoms with Crippen molar-refractivity contribution < 1.29 is 23.9 Å². The summed E-state index contributed by atoms with van der Waals surface area (Å²) in [5.41, 5.74) is 15.6. The Morgan fingerprint density at radius 1 is 0.844 bits per heavy atom. The Labute approximate surface area is 267 Å². The molecule has 9 heteroatoms. The van der Waals surface area contributed by atoms with Crippen molar-refractivity contribution in [2.45, 2.75) is 44.9 Å². The smallest absolute Gasteiger partial charge is 0.209 e. The molecule has 0 fully saturated rings. The van der Waals surface area contributed by atoms with Crippen molar-refractivity contribution in [1.82, 2.24) is 0 Å². The molecule has 0 amide bonds. The monoisotopic (exact) mass is 614 g/mol. The highest BCUT2D eigenvalue weighted by Gasteiger charge is 2.43. The molecule has 0 aromatic heterocycles. The maximum Gasteiger partial charge on any atom is 0.209 e. The minimum absolute atomic E-state index is 0.117. The van der Waals surface area contributed by atoms with E-state index in [4.69, 9.17) is 19.7 Å². The summed E-state index contributed by atoms with van der Waals surface area (Å²) in [7, 11) is 0. The summed E-state index contributed by atoms with van der Waals surface area (Å²) < 4.78 is 19.2. The summed E-state index contributed by atoms with van der Waals surface area (Å²) >= 11 is 0. The second-order valence-corrected chi connectivity index (χ2v) is 12.1. The van der Waals surface area contributed by atoms with Gasteiger partial charge in [-0.3, -0.25) is 0 Å². The van der Waals surface area contributed by atoms with Crippen LogP contribution in [0.2, 0.25) is 0 Å². The third-order valence-electron chi connectivity index (χ3n) is 8.47. The average Bonchev–Trinajstić information content (AvgIpc) is 3.39. The van der Waals surface area contributed by atoms with Gasteiger partial charge in [0.2, 0.25) is 5.69 Å². The van der Waals surface area contributed by atoms with E-state index < -0.39 is 0 Å². The highest BCUT2D eigenvalue weighted by molar-refractivity contribution is 6.03. The molecule has 2 aromatic rings. The van der Waals surface area contributed by atoms with Gasteiger partial charge in [-0.05, 0) is 37.1 Å². The maximum absolute atomic E-state index is 9.51. The molecule has 0 unspecified atom stereocenters. The van der Waals surface area contributed by atoms with Crippen LogP contribution in [-0.4, -0.2) is 81.3 Å². The summed E-state index contributed by atoms with van der Waals surface area (Å²) in [4.78, 5) is 5.06. The van der Waals surface area contributed by atoms with Crippen molar-refractivity contribution in [3.05, 3.63) is 106 Å². The molecule has 0 bridgehead atoms. The highest BCUT2D eigenvalue weighted by atomic mass is 16.5. The number of aliphatic hydroxyl groups excluding tert-OH is 1. The van der Waals surface area contributed by atoms with Crippen LogP contribution in [0.4, 0.5) is 11.4 Å². The number of hydrogen-bond donors (Lipinski definition) is 1. The van der Waals surface area contributed by atoms with E-state index in [0.717, 1.165) is 19.5 Å². The largest absolute Gasteiger partial charge is 0.396 e. The van der Waals surface area contributed by atoms with Gasteiger partial charge >= 0.3 is 0 Å². The zero-order valence-electron chi connectivity index (χ0n) is 27.2. The average molecular weight is 615 g/mol. The lowest BCUT2D eigenvalue weighted by Crippen LogP contribution is -2.29. The van der Waals surface area contributed by atoms with Crippen molar-refractivity contribution in [3.8, 4) is 0 Å². The summed E-state index contributed by atoms with van der Waals surface area (Å²) in [6.07, 6.45) is 11.5. The van der Waals surface area contributed by atoms with Crippen LogP contribution >= 0.6 is 0 Å². The number of allylic oxidation sites excluding steroid dienone is 6. The standard InChI is InChI=1S/C36H48N5O4/c1-35(2)29-13-8-10-15-31(29)40(20-12-22-42)33(35)17-6-5-7-18-34-36(3,4)30-14-9-11-16-32(30)41(34)21-24-44-26-28-45-27-25-43-23-19-38-39-37/h5-11,13-18,42H,12,19-28H2,1-4H3/q+1. The number of fused-ring (bicyclic) bond motifs is 2. The number of anilines is 1. The van der Waals surface area contributed by atoms with Crippen LogP contribution < -0.4 is 4.90 Å². The lowest BCUT2D eigenvalue weighted by molar-refractivity contribution is -0.438. The van der Waals surface area contributed by atoms with E-state index in [1.165, 1.54) is 33.9 Å². The van der Waals surface area contributed by atoms with Gasteiger partial charge in [-0.1, -0.05) is 73.6 Å². The van der Waals surface area contributed by atoms with Crippen molar-refractivity contribution in [2.24, 2.45) is 5.11 Å². The van der Waals surface area contributed by atoms with Gasteiger partial charge in [0.05, 0.1) is 45.1 Å². The molecular formula is C36H48N5O4+. The number of aliphatic hydroxyl groups is 1. The van der Waals surface area contributed by atoms with E-state index in [2.05, 4.69) is 126 Å². The van der Waals surface area contributed by atoms with Gasteiger partial charge in [-0.25, -0.2) is 0 Å². The number of benzene rings is 2. The number of rotatable bonds is 18. The molecule has 0 radical (unpaired) electrons. The van der Waals surface area contributed by atoms with Gasteiger partial charge < -0.3 is 24.2 Å². The fraction of sp³-hybridized carbons (Fsp3) is 0.472. The van der Waals surface area contributed by atoms with Gasteiger partial charge in [-0.2, -0.15) is 4.58 Å². The van der Waals surface area contributed by atoms with Gasteiger partial charge in [0.1, 0.15) is 0 Å². The van der Waals surface area contributed by atoms with E-state index in [1.54, 1.807) is 0 Å². The Morgan fingerprint density at radius 2 is 1.51 bits per heavy atom. The van der Waals surface area contributed by atoms with Crippen molar-refractivity contribution in [1.29, 1.82) is 0 Å². The van der Waals surface area contributed by atoms with E-state index >= 15 is 0 Å². The topological polar surface area (TPSA) is 103 Å². The first-order chi connectivity index (χ1) is 21.8. The van der Waals surface area contributed by atoms with Gasteiger partial charge in [0, 0.05) is 65.5 Å². The van der Waals surface area contributed by atoms with Crippen LogP contribution in [0.1, 0.15) is 45.2 Å². The van der Waals surface area contributed by atoms with Gasteiger partial charge in [-0.15, -0.1) is 0 Å². The highest BCUT2D eigenvalue weighted by Crippen LogP contribution is 2.47. The van der Waals surface area contributed by atoms with Crippen LogP contribution in [0.15, 0.2) is 89.7 Å². The zero-order valence-corrected chi connectivity index (χ0v) is 27.2. The number of azide groups is 1. The first-order valence-corrected chi connectivity index (χ1v) is 15.9. The van der Waals surface area contributed by atoms with Gasteiger partial charge in [0.25, 0.3) is 0 Å². The van der Waals surface area contributed by atoms with Gasteiger partial charge in [0.15, 0.2) is 12.3 Å². The third-order valence-corrected chi connectivity index (χ3v) is 8.47. The second kappa shape index (κ2) is 16.5. The Morgan fingerprint density at radius 3 is 2.24 bits per heavy atom. The Hall–Kier alpha value is -3.72. The molecule has 2 aliphatic heterocycles. The molecule has 1 N–H and O–H groups in total. The number of hydrogen-bond acceptors (Lipinski definition) is 6. The van der Waals surface area contributed by atoms with E-state index in [-0.39, 0.29) is 17.4 Å². The van der Waals surface area contributed by atoms with E-state index in [0.29, 0.717) is 46.2 Å². The summed E-state index contributed by atoms with van der Waals surface area (Å²) in [5.74, 6) is 0. The fourth-order valence-electron chi connectivity index (χ4n) is 6.20. The Balaban J connectivity index is 1.38. The summed E-state index contributed by atoms with van der Waals surface area (Å²) in [6.45, 7) is 14.0. The number of ether oxygens (including phenoxy) is 3. The minimum Gasteiger partial charge on any atom is -0.396 e. The zero-order chi connectivity index (χ0) is 32.1. The lowest BCUT2D eigenvalue weighted by atomic mass is 9.81. The van der Waals surface area contributed by atoms with Crippen molar-refractivity contribution >= 4 is 17.1 Å². The molecule has 4 rings (SSSR count). The third kappa shape index (κ3) is 8.31. The van der Waals surface area contributed by atoms with Crippen LogP contribution in [0, 0.1) is 0 Å². The van der Waals surface area contributed by atoms with Crippen molar-refractivity contribution in [2.75, 3.05) is 70.8 Å². The number of nitrogens with zero attached hydrogens (tertiary/aromatic N) is 5. The second-order valence-electron chi connectivity index (χ2n) is 12.1. The molecule has 0 atom stereocenters. The first kappa shape index (κ1) is 34.2. The quantitative estimate of drug-likeness (QED) is 0.0509. The summed E-state index contributed by atoms with van der Waals surface area (Å²) in [5, 5.41) is 12.9. The molecule has 45 heavy (non-hydrogen) atoms. The molecule has 2 aromatic carbocycles. The van der Waals surface area contributed by atoms with Crippen LogP contribution in [0.3, 0.4) is 0 Å². The Bertz CT molecular complexity index is 1450. The van der Waals surface area contributed by atoms with Crippen LogP contribution in [0.25, 0.3) is 10.4 Å². The van der Waals surface area contributed by atoms with E-state index in [1.807, 2.05) is 0 Å². The SMILES string of the molecule is CC1(C)C(\C=C/C=C\C=C2\N(CCOCCOCCOCCN=[N+]=[N-])c3ccccc3C2(C)C)=[N+](CCCO)c2ccccc21. The molecule has 2 aliphatic rings. The molecule has 0 aliphatic carbocycles. The van der Waals surface area contributed by atoms with Crippen LogP contribution in [0.5, 0.6) is 0 Å². The number of para-hydroxylation sites is 2. The first-order valence-electron chi connectivity index (χ1n) is 15.9. The molecule has 2 heterocycles. The predicted octanol–water partition coefficient (Wildman–Crippen LogP) is 6.60.